The lowest BCUT2D eigenvalue weighted by atomic mass is 10.2. The molecule has 74 valence electrons. The number of nitrogens with one attached hydrogen (secondary N) is 1. The molecule has 0 aromatic carbocycles. The van der Waals surface area contributed by atoms with Crippen molar-refractivity contribution in [3.63, 3.8) is 0 Å². The van der Waals surface area contributed by atoms with Crippen molar-refractivity contribution in [1.82, 2.24) is 5.32 Å². The molecule has 0 amide bonds. The van der Waals surface area contributed by atoms with E-state index in [1.165, 1.54) is 0 Å². The van der Waals surface area contributed by atoms with Gasteiger partial charge in [0.25, 0.3) is 0 Å². The van der Waals surface area contributed by atoms with E-state index in [-0.39, 0.29) is 6.61 Å². The lowest BCUT2D eigenvalue weighted by Crippen LogP contribution is -2.32. The van der Waals surface area contributed by atoms with E-state index < -0.39 is 6.23 Å². The summed E-state index contributed by atoms with van der Waals surface area (Å²) in [5.74, 6) is 0. The highest BCUT2D eigenvalue weighted by atomic mass is 16.3. The normalized spacial score (nSPS) is 13.2. The number of rotatable bonds is 8. The second kappa shape index (κ2) is 8.93. The molecule has 5 N–H and O–H groups in total. The summed E-state index contributed by atoms with van der Waals surface area (Å²) in [6.07, 6.45) is 3.04. The zero-order valence-electron chi connectivity index (χ0n) is 7.50. The van der Waals surface area contributed by atoms with Crippen molar-refractivity contribution >= 4 is 0 Å². The van der Waals surface area contributed by atoms with E-state index in [1.54, 1.807) is 0 Å². The van der Waals surface area contributed by atoms with Crippen LogP contribution in [0, 0.1) is 0 Å². The fourth-order valence-electron chi connectivity index (χ4n) is 0.978. The third-order valence-electron chi connectivity index (χ3n) is 1.66. The molecule has 12 heavy (non-hydrogen) atoms. The van der Waals surface area contributed by atoms with E-state index in [1.807, 2.05) is 0 Å². The molecule has 0 aliphatic rings. The van der Waals surface area contributed by atoms with Gasteiger partial charge in [-0.15, -0.1) is 0 Å². The molecular weight excluding hydrogens is 156 g/mol. The molecule has 0 saturated carbocycles. The standard InChI is InChI=1S/C8H20N2O2/c9-5-6-10-8(12)4-2-1-3-7-11/h8,10-12H,1-7,9H2. The topological polar surface area (TPSA) is 78.5 Å². The summed E-state index contributed by atoms with van der Waals surface area (Å²) in [6, 6.07) is 0. The number of aliphatic hydroxyl groups is 2. The van der Waals surface area contributed by atoms with Crippen molar-refractivity contribution in [3.8, 4) is 0 Å². The molecule has 1 unspecified atom stereocenters. The molecule has 0 rings (SSSR count). The van der Waals surface area contributed by atoms with E-state index in [0.29, 0.717) is 13.1 Å². The van der Waals surface area contributed by atoms with Crippen LogP contribution in [0.25, 0.3) is 0 Å². The SMILES string of the molecule is NCCNC(O)CCCCCO. The van der Waals surface area contributed by atoms with Crippen LogP contribution in [0.4, 0.5) is 0 Å². The number of nitrogens with two attached hydrogens (primary N) is 1. The zero-order chi connectivity index (χ0) is 9.23. The first-order valence-electron chi connectivity index (χ1n) is 4.53. The summed E-state index contributed by atoms with van der Waals surface area (Å²) in [5, 5.41) is 20.6. The lowest BCUT2D eigenvalue weighted by molar-refractivity contribution is 0.125. The van der Waals surface area contributed by atoms with Gasteiger partial charge in [0.05, 0.1) is 0 Å². The van der Waals surface area contributed by atoms with Crippen molar-refractivity contribution < 1.29 is 10.2 Å². The Morgan fingerprint density at radius 1 is 1.25 bits per heavy atom. The number of hydrogen-bond acceptors (Lipinski definition) is 4. The molecular formula is C8H20N2O2. The summed E-state index contributed by atoms with van der Waals surface area (Å²) < 4.78 is 0. The maximum absolute atomic E-state index is 9.25. The van der Waals surface area contributed by atoms with Gasteiger partial charge in [-0.2, -0.15) is 0 Å². The minimum atomic E-state index is -0.438. The largest absolute Gasteiger partial charge is 0.396 e. The maximum atomic E-state index is 9.25. The van der Waals surface area contributed by atoms with E-state index in [0.717, 1.165) is 25.7 Å². The van der Waals surface area contributed by atoms with E-state index in [4.69, 9.17) is 10.8 Å². The average Bonchev–Trinajstić information content (AvgIpc) is 2.09. The molecule has 1 atom stereocenters. The zero-order valence-corrected chi connectivity index (χ0v) is 7.50. The second-order valence-electron chi connectivity index (χ2n) is 2.83. The van der Waals surface area contributed by atoms with Gasteiger partial charge in [0, 0.05) is 19.7 Å². The highest BCUT2D eigenvalue weighted by molar-refractivity contribution is 4.54. The van der Waals surface area contributed by atoms with Crippen LogP contribution in [0.2, 0.25) is 0 Å². The molecule has 0 fully saturated rings. The molecule has 0 aromatic heterocycles. The average molecular weight is 176 g/mol. The van der Waals surface area contributed by atoms with Crippen LogP contribution in [0.1, 0.15) is 25.7 Å². The third-order valence-corrected chi connectivity index (χ3v) is 1.66. The fourth-order valence-corrected chi connectivity index (χ4v) is 0.978. The Balaban J connectivity index is 3.02. The minimum absolute atomic E-state index is 0.242. The van der Waals surface area contributed by atoms with Crippen molar-refractivity contribution in [1.29, 1.82) is 0 Å². The molecule has 4 nitrogen and oxygen atoms in total. The van der Waals surface area contributed by atoms with Crippen molar-refractivity contribution in [2.24, 2.45) is 5.73 Å². The summed E-state index contributed by atoms with van der Waals surface area (Å²) in [6.45, 7) is 1.45. The van der Waals surface area contributed by atoms with Gasteiger partial charge >= 0.3 is 0 Å². The van der Waals surface area contributed by atoms with Crippen molar-refractivity contribution in [2.75, 3.05) is 19.7 Å². The van der Waals surface area contributed by atoms with Crippen LogP contribution in [-0.2, 0) is 0 Å². The Hall–Kier alpha value is -0.160. The molecule has 0 spiro atoms. The summed E-state index contributed by atoms with van der Waals surface area (Å²) in [4.78, 5) is 0. The Morgan fingerprint density at radius 2 is 2.00 bits per heavy atom. The number of aliphatic hydroxyl groups excluding tert-OH is 2. The molecule has 0 bridgehead atoms. The summed E-state index contributed by atoms with van der Waals surface area (Å²) >= 11 is 0. The van der Waals surface area contributed by atoms with Crippen LogP contribution < -0.4 is 11.1 Å². The van der Waals surface area contributed by atoms with Gasteiger partial charge in [0.15, 0.2) is 0 Å². The Morgan fingerprint density at radius 3 is 2.58 bits per heavy atom. The molecule has 0 aliphatic carbocycles. The van der Waals surface area contributed by atoms with Crippen LogP contribution in [-0.4, -0.2) is 36.1 Å². The van der Waals surface area contributed by atoms with Gasteiger partial charge < -0.3 is 15.9 Å². The van der Waals surface area contributed by atoms with E-state index in [2.05, 4.69) is 5.32 Å². The quantitative estimate of drug-likeness (QED) is 0.294. The molecule has 0 aliphatic heterocycles. The van der Waals surface area contributed by atoms with Gasteiger partial charge in [-0.1, -0.05) is 6.42 Å². The fraction of sp³-hybridized carbons (Fsp3) is 1.00. The highest BCUT2D eigenvalue weighted by Gasteiger charge is 2.00. The third kappa shape index (κ3) is 7.94. The van der Waals surface area contributed by atoms with Gasteiger partial charge in [-0.3, -0.25) is 5.32 Å². The Kier molecular flexibility index (Phi) is 8.81. The summed E-state index contributed by atoms with van der Waals surface area (Å²) in [5.41, 5.74) is 5.25. The summed E-state index contributed by atoms with van der Waals surface area (Å²) in [7, 11) is 0. The van der Waals surface area contributed by atoms with Crippen LogP contribution in [0.3, 0.4) is 0 Å². The number of unbranched alkanes of at least 4 members (excludes halogenated alkanes) is 2. The maximum Gasteiger partial charge on any atom is 0.104 e. The van der Waals surface area contributed by atoms with Gasteiger partial charge in [-0.05, 0) is 19.3 Å². The van der Waals surface area contributed by atoms with Gasteiger partial charge in [-0.25, -0.2) is 0 Å². The monoisotopic (exact) mass is 176 g/mol. The molecule has 0 radical (unpaired) electrons. The van der Waals surface area contributed by atoms with Gasteiger partial charge in [0.1, 0.15) is 6.23 Å². The van der Waals surface area contributed by atoms with E-state index >= 15 is 0 Å². The highest BCUT2D eigenvalue weighted by Crippen LogP contribution is 2.00. The van der Waals surface area contributed by atoms with Crippen LogP contribution >= 0.6 is 0 Å². The Bertz CT molecular complexity index is 91.1. The van der Waals surface area contributed by atoms with Gasteiger partial charge in [0.2, 0.25) is 0 Å². The minimum Gasteiger partial charge on any atom is -0.396 e. The molecule has 0 aromatic rings. The van der Waals surface area contributed by atoms with Crippen LogP contribution in [0.5, 0.6) is 0 Å². The number of hydrogen-bond donors (Lipinski definition) is 4. The smallest absolute Gasteiger partial charge is 0.104 e. The second-order valence-corrected chi connectivity index (χ2v) is 2.83. The Labute approximate surface area is 73.8 Å². The first-order chi connectivity index (χ1) is 5.81. The van der Waals surface area contributed by atoms with E-state index in [9.17, 15) is 5.11 Å². The molecule has 4 heteroatoms. The first kappa shape index (κ1) is 11.8. The molecule has 0 saturated heterocycles. The van der Waals surface area contributed by atoms with Crippen molar-refractivity contribution in [3.05, 3.63) is 0 Å². The van der Waals surface area contributed by atoms with Crippen LogP contribution in [0.15, 0.2) is 0 Å². The first-order valence-corrected chi connectivity index (χ1v) is 4.53. The predicted octanol–water partition coefficient (Wildman–Crippen LogP) is -0.594. The van der Waals surface area contributed by atoms with Crippen molar-refractivity contribution in [2.45, 2.75) is 31.9 Å². The predicted molar refractivity (Wildman–Crippen MR) is 48.6 cm³/mol. The lowest BCUT2D eigenvalue weighted by Gasteiger charge is -2.10. The molecule has 0 heterocycles.